The van der Waals surface area contributed by atoms with E-state index in [4.69, 9.17) is 5.73 Å². The van der Waals surface area contributed by atoms with Crippen LogP contribution in [0.5, 0.6) is 0 Å². The van der Waals surface area contributed by atoms with Crippen molar-refractivity contribution >= 4 is 11.3 Å². The summed E-state index contributed by atoms with van der Waals surface area (Å²) in [6.45, 7) is 1.04. The highest BCUT2D eigenvalue weighted by Crippen LogP contribution is 2.42. The van der Waals surface area contributed by atoms with Gasteiger partial charge in [-0.3, -0.25) is 19.2 Å². The molecule has 2 heterocycles. The van der Waals surface area contributed by atoms with E-state index in [2.05, 4.69) is 4.98 Å². The largest absolute Gasteiger partial charge is 0.508 e. The van der Waals surface area contributed by atoms with Crippen molar-refractivity contribution in [2.24, 2.45) is 11.7 Å². The van der Waals surface area contributed by atoms with Crippen LogP contribution >= 0.6 is 0 Å². The highest BCUT2D eigenvalue weighted by atomic mass is 19.4. The normalized spacial score (nSPS) is 28.2. The summed E-state index contributed by atoms with van der Waals surface area (Å²) in [5.74, 6) is -7.30. The van der Waals surface area contributed by atoms with E-state index in [1.54, 1.807) is 0 Å². The molecule has 2 fully saturated rings. The van der Waals surface area contributed by atoms with E-state index in [-0.39, 0.29) is 41.7 Å². The summed E-state index contributed by atoms with van der Waals surface area (Å²) in [5.41, 5.74) is 3.83. The van der Waals surface area contributed by atoms with Crippen LogP contribution in [0.2, 0.25) is 0 Å². The Morgan fingerprint density at radius 2 is 1.78 bits per heavy atom. The molecule has 1 saturated heterocycles. The average Bonchev–Trinajstić information content (AvgIpc) is 3.41. The molecule has 0 aromatic carbocycles. The number of fused-ring (bicyclic) bond motifs is 1. The highest BCUT2D eigenvalue weighted by Gasteiger charge is 2.63. The lowest BCUT2D eigenvalue weighted by atomic mass is 9.92. The summed E-state index contributed by atoms with van der Waals surface area (Å²) in [4.78, 5) is 28.1. The SMILES string of the molecule is CC1=c2c(c(=O)[nH]c(=O)n2C2CC2)=C(O)C(F)C1N1CCC(C(N)C(F)(F)C(F)(F)F)C1. The number of H-pyrrole nitrogens is 1. The first-order valence-electron chi connectivity index (χ1n) is 10.1. The lowest BCUT2D eigenvalue weighted by Gasteiger charge is -2.34. The molecule has 1 aromatic heterocycles. The molecule has 0 amide bonds. The molecule has 3 aliphatic rings. The van der Waals surface area contributed by atoms with E-state index in [0.717, 1.165) is 0 Å². The summed E-state index contributed by atoms with van der Waals surface area (Å²) in [6.07, 6.45) is -6.80. The van der Waals surface area contributed by atoms with E-state index < -0.39 is 53.3 Å². The second-order valence-corrected chi connectivity index (χ2v) is 8.69. The molecule has 32 heavy (non-hydrogen) atoms. The lowest BCUT2D eigenvalue weighted by Crippen LogP contribution is -2.61. The molecule has 13 heteroatoms. The number of hydrogen-bond acceptors (Lipinski definition) is 5. The van der Waals surface area contributed by atoms with Crippen molar-refractivity contribution in [1.29, 1.82) is 0 Å². The molecule has 0 radical (unpaired) electrons. The zero-order chi connectivity index (χ0) is 23.7. The van der Waals surface area contributed by atoms with Crippen LogP contribution in [-0.4, -0.2) is 63.0 Å². The van der Waals surface area contributed by atoms with Crippen molar-refractivity contribution < 1.29 is 31.4 Å². The quantitative estimate of drug-likeness (QED) is 0.551. The predicted octanol–water partition coefficient (Wildman–Crippen LogP) is 0.275. The van der Waals surface area contributed by atoms with E-state index >= 15 is 4.39 Å². The molecule has 0 spiro atoms. The first-order chi connectivity index (χ1) is 14.8. The van der Waals surface area contributed by atoms with E-state index in [1.807, 2.05) is 0 Å². The van der Waals surface area contributed by atoms with Crippen LogP contribution in [0, 0.1) is 5.92 Å². The van der Waals surface area contributed by atoms with Crippen molar-refractivity contribution in [1.82, 2.24) is 14.5 Å². The second kappa shape index (κ2) is 7.37. The number of aliphatic hydroxyl groups excluding tert-OH is 1. The van der Waals surface area contributed by atoms with Gasteiger partial charge >= 0.3 is 17.8 Å². The van der Waals surface area contributed by atoms with Gasteiger partial charge in [-0.2, -0.15) is 22.0 Å². The Hall–Kier alpha value is -2.28. The van der Waals surface area contributed by atoms with Crippen molar-refractivity contribution in [3.63, 3.8) is 0 Å². The van der Waals surface area contributed by atoms with Crippen LogP contribution in [0.3, 0.4) is 0 Å². The van der Waals surface area contributed by atoms with Gasteiger partial charge in [0, 0.05) is 12.6 Å². The second-order valence-electron chi connectivity index (χ2n) is 8.69. The van der Waals surface area contributed by atoms with Gasteiger partial charge in [0.2, 0.25) is 0 Å². The van der Waals surface area contributed by atoms with E-state index in [9.17, 15) is 36.6 Å². The summed E-state index contributed by atoms with van der Waals surface area (Å²) in [6, 6.07) is -4.00. The first kappa shape index (κ1) is 22.9. The monoisotopic (exact) mass is 468 g/mol. The van der Waals surface area contributed by atoms with Crippen LogP contribution < -0.4 is 27.6 Å². The number of nitrogens with one attached hydrogen (secondary N) is 1. The number of hydrogen-bond donors (Lipinski definition) is 3. The third-order valence-electron chi connectivity index (χ3n) is 6.62. The van der Waals surface area contributed by atoms with Gasteiger partial charge in [0.05, 0.1) is 17.4 Å². The van der Waals surface area contributed by atoms with Crippen molar-refractivity contribution in [3.8, 4) is 0 Å². The van der Waals surface area contributed by atoms with Gasteiger partial charge in [-0.05, 0) is 44.2 Å². The zero-order valence-corrected chi connectivity index (χ0v) is 16.9. The van der Waals surface area contributed by atoms with Gasteiger partial charge in [0.15, 0.2) is 6.17 Å². The maximum Gasteiger partial charge on any atom is 0.454 e. The molecule has 4 N–H and O–H groups in total. The summed E-state index contributed by atoms with van der Waals surface area (Å²) < 4.78 is 82.2. The smallest absolute Gasteiger partial charge is 0.454 e. The minimum Gasteiger partial charge on any atom is -0.508 e. The maximum absolute atomic E-state index is 15.3. The fourth-order valence-electron chi connectivity index (χ4n) is 4.81. The van der Waals surface area contributed by atoms with Crippen molar-refractivity contribution in [2.45, 2.75) is 62.6 Å². The number of rotatable bonds is 4. The van der Waals surface area contributed by atoms with E-state index in [0.29, 0.717) is 12.8 Å². The molecule has 0 bridgehead atoms. The number of nitrogens with two attached hydrogens (primary N) is 1. The topological polar surface area (TPSA) is 104 Å². The Kier molecular flexibility index (Phi) is 5.27. The number of likely N-dealkylation sites (tertiary alicyclic amines) is 1. The molecule has 1 saturated carbocycles. The predicted molar refractivity (Wildman–Crippen MR) is 101 cm³/mol. The third kappa shape index (κ3) is 3.36. The van der Waals surface area contributed by atoms with Crippen molar-refractivity contribution in [2.75, 3.05) is 13.1 Å². The molecule has 1 aliphatic heterocycles. The Bertz CT molecular complexity index is 1170. The standard InChI is InChI=1S/C19H22F6N4O3/c1-7-12-10(16(31)27-17(32)29(12)9-2-3-9)14(30)11(20)13(7)28-5-4-8(6-28)15(26)18(21,22)19(23,24)25/h8-9,11,13,15,30H,2-6,26H2,1H3,(H,27,31,32). The highest BCUT2D eigenvalue weighted by molar-refractivity contribution is 5.60. The molecular formula is C19H22F6N4O3. The van der Waals surface area contributed by atoms with Gasteiger partial charge in [-0.1, -0.05) is 0 Å². The lowest BCUT2D eigenvalue weighted by molar-refractivity contribution is -0.293. The molecule has 2 aliphatic carbocycles. The molecular weight excluding hydrogens is 446 g/mol. The molecule has 178 valence electrons. The van der Waals surface area contributed by atoms with Crippen LogP contribution in [-0.2, 0) is 0 Å². The summed E-state index contributed by atoms with van der Waals surface area (Å²) in [5, 5.41) is 10.2. The van der Waals surface area contributed by atoms with Crippen LogP contribution in [0.4, 0.5) is 26.3 Å². The molecule has 4 unspecified atom stereocenters. The van der Waals surface area contributed by atoms with Gasteiger partial charge in [0.1, 0.15) is 11.0 Å². The number of aromatic nitrogens is 2. The Morgan fingerprint density at radius 1 is 1.16 bits per heavy atom. The average molecular weight is 468 g/mol. The Balaban J connectivity index is 1.75. The first-order valence-corrected chi connectivity index (χ1v) is 10.1. The number of nitrogens with zero attached hydrogens (tertiary/aromatic N) is 2. The summed E-state index contributed by atoms with van der Waals surface area (Å²) >= 11 is 0. The maximum atomic E-state index is 15.3. The fourth-order valence-corrected chi connectivity index (χ4v) is 4.81. The Labute approximate surface area is 176 Å². The van der Waals surface area contributed by atoms with Crippen LogP contribution in [0.1, 0.15) is 32.2 Å². The van der Waals surface area contributed by atoms with Gasteiger partial charge < -0.3 is 10.8 Å². The molecule has 7 nitrogen and oxygen atoms in total. The Morgan fingerprint density at radius 3 is 2.34 bits per heavy atom. The van der Waals surface area contributed by atoms with Crippen LogP contribution in [0.15, 0.2) is 9.59 Å². The van der Waals surface area contributed by atoms with Gasteiger partial charge in [-0.25, -0.2) is 9.18 Å². The van der Waals surface area contributed by atoms with Gasteiger partial charge in [-0.15, -0.1) is 0 Å². The van der Waals surface area contributed by atoms with Crippen LogP contribution in [0.25, 0.3) is 11.3 Å². The van der Waals surface area contributed by atoms with E-state index in [1.165, 1.54) is 16.4 Å². The number of aromatic amines is 1. The van der Waals surface area contributed by atoms with Crippen molar-refractivity contribution in [3.05, 3.63) is 31.4 Å². The minimum atomic E-state index is -5.82. The molecule has 4 atom stereocenters. The number of halogens is 6. The number of alkyl halides is 6. The molecule has 1 aromatic rings. The number of aliphatic hydroxyl groups is 1. The summed E-state index contributed by atoms with van der Waals surface area (Å²) in [7, 11) is 0. The fraction of sp³-hybridized carbons (Fsp3) is 0.684. The third-order valence-corrected chi connectivity index (χ3v) is 6.62. The molecule has 4 rings (SSSR count). The zero-order valence-electron chi connectivity index (χ0n) is 16.9. The van der Waals surface area contributed by atoms with Gasteiger partial charge in [0.25, 0.3) is 5.56 Å². The minimum absolute atomic E-state index is 0.0474.